The Balaban J connectivity index is 3.10. The van der Waals surface area contributed by atoms with E-state index in [2.05, 4.69) is 0 Å². The summed E-state index contributed by atoms with van der Waals surface area (Å²) in [5, 5.41) is 17.6. The third kappa shape index (κ3) is 2.43. The lowest BCUT2D eigenvalue weighted by molar-refractivity contribution is -0.139. The zero-order valence-corrected chi connectivity index (χ0v) is 7.83. The Morgan fingerprint density at radius 2 is 2.14 bits per heavy atom. The van der Waals surface area contributed by atoms with E-state index in [1.807, 2.05) is 0 Å². The fourth-order valence-electron chi connectivity index (χ4n) is 1.10. The van der Waals surface area contributed by atoms with Crippen LogP contribution in [0.1, 0.15) is 11.5 Å². The second-order valence-electron chi connectivity index (χ2n) is 2.78. The Kier molecular flexibility index (Phi) is 3.43. The molecule has 0 aliphatic rings. The smallest absolute Gasteiger partial charge is 0.313 e. The Morgan fingerprint density at radius 1 is 1.50 bits per heavy atom. The summed E-state index contributed by atoms with van der Waals surface area (Å²) in [6.45, 7) is -0.588. The van der Waals surface area contributed by atoms with Gasteiger partial charge in [0.25, 0.3) is 0 Å². The first-order valence-electron chi connectivity index (χ1n) is 3.84. The summed E-state index contributed by atoms with van der Waals surface area (Å²) in [7, 11) is 0. The molecule has 1 atom stereocenters. The minimum Gasteiger partial charge on any atom is -0.481 e. The average molecular weight is 219 g/mol. The predicted molar refractivity (Wildman–Crippen MR) is 48.9 cm³/mol. The van der Waals surface area contributed by atoms with Crippen molar-refractivity contribution in [3.63, 3.8) is 0 Å². The highest BCUT2D eigenvalue weighted by molar-refractivity contribution is 6.30. The van der Waals surface area contributed by atoms with Crippen LogP contribution in [0, 0.1) is 5.82 Å². The van der Waals surface area contributed by atoms with Crippen LogP contribution in [0.25, 0.3) is 0 Å². The highest BCUT2D eigenvalue weighted by Gasteiger charge is 2.19. The normalized spacial score (nSPS) is 12.5. The molecule has 1 rings (SSSR count). The van der Waals surface area contributed by atoms with E-state index in [1.165, 1.54) is 6.07 Å². The van der Waals surface area contributed by atoms with E-state index < -0.39 is 24.3 Å². The number of carbonyl (C=O) groups is 1. The van der Waals surface area contributed by atoms with Crippen molar-refractivity contribution < 1.29 is 19.4 Å². The average Bonchev–Trinajstić information content (AvgIpc) is 2.02. The Labute approximate surface area is 84.7 Å². The minimum absolute atomic E-state index is 0.111. The second kappa shape index (κ2) is 4.39. The molecule has 76 valence electrons. The maximum Gasteiger partial charge on any atom is 0.313 e. The fraction of sp³-hybridized carbons (Fsp3) is 0.222. The topological polar surface area (TPSA) is 57.5 Å². The van der Waals surface area contributed by atoms with Gasteiger partial charge in [-0.25, -0.2) is 4.39 Å². The van der Waals surface area contributed by atoms with Crippen LogP contribution in [0.15, 0.2) is 18.2 Å². The predicted octanol–water partition coefficient (Wildman–Crippen LogP) is 1.64. The van der Waals surface area contributed by atoms with Crippen molar-refractivity contribution in [2.45, 2.75) is 5.92 Å². The van der Waals surface area contributed by atoms with Crippen LogP contribution in [0.4, 0.5) is 4.39 Å². The van der Waals surface area contributed by atoms with Gasteiger partial charge in [0.15, 0.2) is 0 Å². The standard InChI is InChI=1S/C9H8ClFO3/c10-6-1-5(2-7(11)3-6)8(4-12)9(13)14/h1-3,8,12H,4H2,(H,13,14). The molecule has 2 N–H and O–H groups in total. The Morgan fingerprint density at radius 3 is 2.57 bits per heavy atom. The zero-order chi connectivity index (χ0) is 10.7. The monoisotopic (exact) mass is 218 g/mol. The third-order valence-corrected chi connectivity index (χ3v) is 1.99. The van der Waals surface area contributed by atoms with Crippen molar-refractivity contribution in [1.82, 2.24) is 0 Å². The first-order chi connectivity index (χ1) is 6.54. The summed E-state index contributed by atoms with van der Waals surface area (Å²) in [6, 6.07) is 3.43. The van der Waals surface area contributed by atoms with Crippen molar-refractivity contribution >= 4 is 17.6 Å². The van der Waals surface area contributed by atoms with Crippen LogP contribution in [0.5, 0.6) is 0 Å². The lowest BCUT2D eigenvalue weighted by atomic mass is 10.0. The number of halogens is 2. The van der Waals surface area contributed by atoms with E-state index in [9.17, 15) is 9.18 Å². The van der Waals surface area contributed by atoms with Crippen LogP contribution >= 0.6 is 11.6 Å². The summed E-state index contributed by atoms with van der Waals surface area (Å²) < 4.78 is 12.8. The molecular formula is C9H8ClFO3. The van der Waals surface area contributed by atoms with Gasteiger partial charge in [0.1, 0.15) is 11.7 Å². The molecule has 0 aliphatic carbocycles. The fourth-order valence-corrected chi connectivity index (χ4v) is 1.33. The quantitative estimate of drug-likeness (QED) is 0.811. The third-order valence-electron chi connectivity index (χ3n) is 1.77. The van der Waals surface area contributed by atoms with Crippen molar-refractivity contribution in [2.75, 3.05) is 6.61 Å². The largest absolute Gasteiger partial charge is 0.481 e. The van der Waals surface area contributed by atoms with Crippen molar-refractivity contribution in [3.8, 4) is 0 Å². The lowest BCUT2D eigenvalue weighted by Gasteiger charge is -2.09. The highest BCUT2D eigenvalue weighted by Crippen LogP contribution is 2.21. The molecular weight excluding hydrogens is 211 g/mol. The van der Waals surface area contributed by atoms with Gasteiger partial charge in [-0.1, -0.05) is 11.6 Å². The number of carboxylic acids is 1. The second-order valence-corrected chi connectivity index (χ2v) is 3.21. The van der Waals surface area contributed by atoms with E-state index in [4.69, 9.17) is 21.8 Å². The van der Waals surface area contributed by atoms with E-state index in [0.717, 1.165) is 12.1 Å². The molecule has 0 saturated heterocycles. The van der Waals surface area contributed by atoms with Gasteiger partial charge in [0.2, 0.25) is 0 Å². The molecule has 0 spiro atoms. The zero-order valence-electron chi connectivity index (χ0n) is 7.08. The van der Waals surface area contributed by atoms with Gasteiger partial charge in [0, 0.05) is 5.02 Å². The molecule has 1 aromatic rings. The van der Waals surface area contributed by atoms with Gasteiger partial charge in [-0.05, 0) is 23.8 Å². The van der Waals surface area contributed by atoms with Crippen LogP contribution in [-0.2, 0) is 4.79 Å². The number of rotatable bonds is 3. The van der Waals surface area contributed by atoms with Gasteiger partial charge >= 0.3 is 5.97 Å². The van der Waals surface area contributed by atoms with Gasteiger partial charge in [-0.2, -0.15) is 0 Å². The molecule has 0 radical (unpaired) electrons. The van der Waals surface area contributed by atoms with Crippen molar-refractivity contribution in [1.29, 1.82) is 0 Å². The molecule has 0 fully saturated rings. The summed E-state index contributed by atoms with van der Waals surface area (Å²) in [6.07, 6.45) is 0. The van der Waals surface area contributed by atoms with Gasteiger partial charge in [-0.3, -0.25) is 4.79 Å². The Hall–Kier alpha value is -1.13. The number of aliphatic carboxylic acids is 1. The number of aliphatic hydroxyl groups is 1. The molecule has 14 heavy (non-hydrogen) atoms. The van der Waals surface area contributed by atoms with E-state index in [-0.39, 0.29) is 10.6 Å². The van der Waals surface area contributed by atoms with Crippen LogP contribution in [-0.4, -0.2) is 22.8 Å². The summed E-state index contributed by atoms with van der Waals surface area (Å²) in [4.78, 5) is 10.6. The SMILES string of the molecule is O=C(O)C(CO)c1cc(F)cc(Cl)c1. The van der Waals surface area contributed by atoms with Gasteiger partial charge < -0.3 is 10.2 Å². The van der Waals surface area contributed by atoms with Crippen LogP contribution in [0.3, 0.4) is 0 Å². The molecule has 0 bridgehead atoms. The maximum atomic E-state index is 12.8. The molecule has 0 saturated carbocycles. The number of benzene rings is 1. The van der Waals surface area contributed by atoms with E-state index >= 15 is 0 Å². The number of carboxylic acid groups (broad SMARTS) is 1. The molecule has 5 heteroatoms. The molecule has 0 amide bonds. The molecule has 0 heterocycles. The highest BCUT2D eigenvalue weighted by atomic mass is 35.5. The van der Waals surface area contributed by atoms with Gasteiger partial charge in [0.05, 0.1) is 6.61 Å². The number of hydrogen-bond donors (Lipinski definition) is 2. The van der Waals surface area contributed by atoms with Crippen molar-refractivity contribution in [2.24, 2.45) is 0 Å². The Bertz CT molecular complexity index is 334. The summed E-state index contributed by atoms with van der Waals surface area (Å²) in [5.74, 6) is -2.97. The summed E-state index contributed by atoms with van der Waals surface area (Å²) >= 11 is 5.54. The molecule has 3 nitrogen and oxygen atoms in total. The molecule has 0 aromatic heterocycles. The van der Waals surface area contributed by atoms with Crippen LogP contribution < -0.4 is 0 Å². The number of hydrogen-bond acceptors (Lipinski definition) is 2. The first kappa shape index (κ1) is 10.9. The first-order valence-corrected chi connectivity index (χ1v) is 4.22. The van der Waals surface area contributed by atoms with Gasteiger partial charge in [-0.15, -0.1) is 0 Å². The maximum absolute atomic E-state index is 12.8. The summed E-state index contributed by atoms with van der Waals surface area (Å²) in [5.41, 5.74) is 0.157. The van der Waals surface area contributed by atoms with E-state index in [1.54, 1.807) is 0 Å². The minimum atomic E-state index is -1.21. The molecule has 0 aliphatic heterocycles. The lowest BCUT2D eigenvalue weighted by Crippen LogP contribution is -2.15. The van der Waals surface area contributed by atoms with Crippen LogP contribution in [0.2, 0.25) is 5.02 Å². The van der Waals surface area contributed by atoms with Crippen molar-refractivity contribution in [3.05, 3.63) is 34.6 Å². The van der Waals surface area contributed by atoms with E-state index in [0.29, 0.717) is 0 Å². The molecule has 1 unspecified atom stereocenters. The molecule has 1 aromatic carbocycles. The number of aliphatic hydroxyl groups excluding tert-OH is 1.